The Morgan fingerprint density at radius 3 is 2.77 bits per heavy atom. The highest BCUT2D eigenvalue weighted by Crippen LogP contribution is 2.29. The maximum absolute atomic E-state index is 13.2. The first kappa shape index (κ1) is 20.6. The topological polar surface area (TPSA) is 41.6 Å². The molecule has 2 aromatic carbocycles. The Kier molecular flexibility index (Phi) is 7.33. The Morgan fingerprint density at radius 1 is 1.27 bits per heavy atom. The van der Waals surface area contributed by atoms with E-state index in [1.807, 2.05) is 60.4 Å². The summed E-state index contributed by atoms with van der Waals surface area (Å²) in [6.07, 6.45) is 0. The predicted octanol–water partition coefficient (Wildman–Crippen LogP) is 4.05. The molecule has 6 heteroatoms. The fraction of sp³-hybridized carbons (Fsp3) is 0.350. The number of piperazine rings is 1. The summed E-state index contributed by atoms with van der Waals surface area (Å²) in [7, 11) is 1.64. The summed E-state index contributed by atoms with van der Waals surface area (Å²) in [6.45, 7) is 4.17. The Bertz CT molecular complexity index is 754. The van der Waals surface area contributed by atoms with Crippen molar-refractivity contribution in [1.29, 1.82) is 0 Å². The molecule has 2 aromatic rings. The van der Waals surface area contributed by atoms with Gasteiger partial charge in [-0.1, -0.05) is 35.9 Å². The van der Waals surface area contributed by atoms with E-state index in [2.05, 4.69) is 5.32 Å². The van der Waals surface area contributed by atoms with Gasteiger partial charge in [-0.05, 0) is 42.3 Å². The Morgan fingerprint density at radius 2 is 2.04 bits per heavy atom. The van der Waals surface area contributed by atoms with Gasteiger partial charge in [-0.3, -0.25) is 4.79 Å². The van der Waals surface area contributed by atoms with E-state index in [0.29, 0.717) is 11.6 Å². The predicted molar refractivity (Wildman–Crippen MR) is 107 cm³/mol. The molecule has 26 heavy (non-hydrogen) atoms. The van der Waals surface area contributed by atoms with Crippen molar-refractivity contribution < 1.29 is 9.53 Å². The van der Waals surface area contributed by atoms with Crippen LogP contribution in [0.15, 0.2) is 48.5 Å². The number of hydrogen-bond donors (Lipinski definition) is 1. The molecule has 140 valence electrons. The SMILES string of the molecule is COc1cccc(C(C)C(=O)N2CCNCC2c2cccc(Cl)c2)c1.Cl. The first-order chi connectivity index (χ1) is 12.1. The lowest BCUT2D eigenvalue weighted by atomic mass is 9.96. The standard InChI is InChI=1S/C20H23ClN2O2.ClH/c1-14(15-5-4-8-18(12-15)25-2)20(24)23-10-9-22-13-19(23)16-6-3-7-17(21)11-16;/h3-8,11-12,14,19,22H,9-10,13H2,1-2H3;1H. The summed E-state index contributed by atoms with van der Waals surface area (Å²) < 4.78 is 5.28. The highest BCUT2D eigenvalue weighted by Gasteiger charge is 2.31. The van der Waals surface area contributed by atoms with Gasteiger partial charge in [0.05, 0.1) is 19.1 Å². The molecule has 1 aliphatic heterocycles. The third kappa shape index (κ3) is 4.50. The number of carbonyl (C=O) groups is 1. The molecule has 1 aliphatic rings. The number of halogens is 2. The van der Waals surface area contributed by atoms with Crippen molar-refractivity contribution in [3.63, 3.8) is 0 Å². The van der Waals surface area contributed by atoms with Gasteiger partial charge >= 0.3 is 0 Å². The Hall–Kier alpha value is -1.75. The van der Waals surface area contributed by atoms with Crippen molar-refractivity contribution >= 4 is 29.9 Å². The molecule has 1 amide bonds. The normalized spacial score (nSPS) is 18.0. The fourth-order valence-electron chi connectivity index (χ4n) is 3.28. The van der Waals surface area contributed by atoms with Crippen LogP contribution in [0.3, 0.4) is 0 Å². The van der Waals surface area contributed by atoms with Crippen LogP contribution in [0.4, 0.5) is 0 Å². The van der Waals surface area contributed by atoms with Crippen LogP contribution in [0.5, 0.6) is 5.75 Å². The third-order valence-corrected chi connectivity index (χ3v) is 4.96. The number of methoxy groups -OCH3 is 1. The molecule has 1 fully saturated rings. The zero-order valence-corrected chi connectivity index (χ0v) is 16.5. The number of nitrogens with one attached hydrogen (secondary N) is 1. The molecule has 1 N–H and O–H groups in total. The molecule has 4 nitrogen and oxygen atoms in total. The number of amides is 1. The number of rotatable bonds is 4. The van der Waals surface area contributed by atoms with Gasteiger partial charge in [0.15, 0.2) is 0 Å². The van der Waals surface area contributed by atoms with Crippen LogP contribution >= 0.6 is 24.0 Å². The summed E-state index contributed by atoms with van der Waals surface area (Å²) in [4.78, 5) is 15.2. The molecule has 0 spiro atoms. The molecule has 0 bridgehead atoms. The number of ether oxygens (including phenoxy) is 1. The van der Waals surface area contributed by atoms with Crippen molar-refractivity contribution in [2.75, 3.05) is 26.7 Å². The summed E-state index contributed by atoms with van der Waals surface area (Å²) in [6, 6.07) is 15.5. The quantitative estimate of drug-likeness (QED) is 0.850. The molecular formula is C20H24Cl2N2O2. The average molecular weight is 395 g/mol. The van der Waals surface area contributed by atoms with Crippen LogP contribution in [-0.2, 0) is 4.79 Å². The van der Waals surface area contributed by atoms with Crippen LogP contribution in [0.1, 0.15) is 30.0 Å². The molecule has 3 rings (SSSR count). The second kappa shape index (κ2) is 9.26. The first-order valence-electron chi connectivity index (χ1n) is 8.50. The second-order valence-corrected chi connectivity index (χ2v) is 6.74. The maximum atomic E-state index is 13.2. The van der Waals surface area contributed by atoms with Gasteiger partial charge in [-0.2, -0.15) is 0 Å². The van der Waals surface area contributed by atoms with Crippen LogP contribution in [-0.4, -0.2) is 37.6 Å². The summed E-state index contributed by atoms with van der Waals surface area (Å²) >= 11 is 6.15. The zero-order chi connectivity index (χ0) is 17.8. The summed E-state index contributed by atoms with van der Waals surface area (Å²) in [5.41, 5.74) is 2.03. The molecular weight excluding hydrogens is 371 g/mol. The number of benzene rings is 2. The molecule has 0 aromatic heterocycles. The van der Waals surface area contributed by atoms with Crippen molar-refractivity contribution in [3.05, 3.63) is 64.7 Å². The molecule has 2 unspecified atom stereocenters. The lowest BCUT2D eigenvalue weighted by molar-refractivity contribution is -0.135. The molecule has 1 saturated heterocycles. The monoisotopic (exact) mass is 394 g/mol. The van der Waals surface area contributed by atoms with E-state index in [1.165, 1.54) is 0 Å². The molecule has 1 heterocycles. The lowest BCUT2D eigenvalue weighted by Gasteiger charge is -2.38. The van der Waals surface area contributed by atoms with E-state index in [4.69, 9.17) is 16.3 Å². The van der Waals surface area contributed by atoms with Gasteiger partial charge < -0.3 is 15.0 Å². The van der Waals surface area contributed by atoms with E-state index in [0.717, 1.165) is 30.0 Å². The van der Waals surface area contributed by atoms with E-state index in [1.54, 1.807) is 7.11 Å². The minimum absolute atomic E-state index is 0. The average Bonchev–Trinajstić information content (AvgIpc) is 2.67. The smallest absolute Gasteiger partial charge is 0.230 e. The van der Waals surface area contributed by atoms with Gasteiger partial charge in [0.25, 0.3) is 0 Å². The summed E-state index contributed by atoms with van der Waals surface area (Å²) in [5.74, 6) is 0.665. The van der Waals surface area contributed by atoms with Crippen LogP contribution in [0, 0.1) is 0 Å². The van der Waals surface area contributed by atoms with Gasteiger partial charge in [0, 0.05) is 24.7 Å². The van der Waals surface area contributed by atoms with E-state index < -0.39 is 0 Å². The highest BCUT2D eigenvalue weighted by atomic mass is 35.5. The van der Waals surface area contributed by atoms with Crippen molar-refractivity contribution in [2.45, 2.75) is 18.9 Å². The van der Waals surface area contributed by atoms with Crippen LogP contribution in [0.25, 0.3) is 0 Å². The molecule has 0 aliphatic carbocycles. The third-order valence-electron chi connectivity index (χ3n) is 4.72. The Labute approximate surface area is 165 Å². The first-order valence-corrected chi connectivity index (χ1v) is 8.88. The molecule has 0 saturated carbocycles. The van der Waals surface area contributed by atoms with Gasteiger partial charge in [-0.25, -0.2) is 0 Å². The minimum atomic E-state index is -0.227. The molecule has 2 atom stereocenters. The van der Waals surface area contributed by atoms with Crippen molar-refractivity contribution in [2.24, 2.45) is 0 Å². The number of carbonyl (C=O) groups excluding carboxylic acids is 1. The van der Waals surface area contributed by atoms with E-state index in [9.17, 15) is 4.79 Å². The van der Waals surface area contributed by atoms with E-state index in [-0.39, 0.29) is 30.3 Å². The fourth-order valence-corrected chi connectivity index (χ4v) is 3.48. The number of hydrogen-bond acceptors (Lipinski definition) is 3. The van der Waals surface area contributed by atoms with Crippen molar-refractivity contribution in [3.8, 4) is 5.75 Å². The zero-order valence-electron chi connectivity index (χ0n) is 14.9. The van der Waals surface area contributed by atoms with E-state index >= 15 is 0 Å². The second-order valence-electron chi connectivity index (χ2n) is 6.30. The number of nitrogens with zero attached hydrogens (tertiary/aromatic N) is 1. The van der Waals surface area contributed by atoms with Gasteiger partial charge in [0.1, 0.15) is 5.75 Å². The van der Waals surface area contributed by atoms with Crippen molar-refractivity contribution in [1.82, 2.24) is 10.2 Å². The minimum Gasteiger partial charge on any atom is -0.497 e. The molecule has 0 radical (unpaired) electrons. The highest BCUT2D eigenvalue weighted by molar-refractivity contribution is 6.30. The van der Waals surface area contributed by atoms with Crippen LogP contribution in [0.2, 0.25) is 5.02 Å². The largest absolute Gasteiger partial charge is 0.497 e. The van der Waals surface area contributed by atoms with Gasteiger partial charge in [0.2, 0.25) is 5.91 Å². The lowest BCUT2D eigenvalue weighted by Crippen LogP contribution is -2.49. The Balaban J connectivity index is 0.00000243. The van der Waals surface area contributed by atoms with Gasteiger partial charge in [-0.15, -0.1) is 12.4 Å². The van der Waals surface area contributed by atoms with Crippen LogP contribution < -0.4 is 10.1 Å². The maximum Gasteiger partial charge on any atom is 0.230 e. The summed E-state index contributed by atoms with van der Waals surface area (Å²) in [5, 5.41) is 4.07.